The van der Waals surface area contributed by atoms with Gasteiger partial charge in [0.2, 0.25) is 21.8 Å². The molecule has 0 spiro atoms. The highest BCUT2D eigenvalue weighted by atomic mass is 35.5. The smallest absolute Gasteiger partial charge is 0.244 e. The molecule has 1 unspecified atom stereocenters. The fourth-order valence-electron chi connectivity index (χ4n) is 5.33. The van der Waals surface area contributed by atoms with Crippen molar-refractivity contribution >= 4 is 39.1 Å². The van der Waals surface area contributed by atoms with Crippen molar-refractivity contribution in [2.45, 2.75) is 50.7 Å². The van der Waals surface area contributed by atoms with E-state index in [2.05, 4.69) is 5.32 Å². The number of ether oxygens (including phenoxy) is 2. The van der Waals surface area contributed by atoms with Crippen LogP contribution in [0.4, 0.5) is 5.69 Å². The van der Waals surface area contributed by atoms with Gasteiger partial charge in [-0.15, -0.1) is 0 Å². The van der Waals surface area contributed by atoms with Crippen molar-refractivity contribution in [2.75, 3.05) is 31.3 Å². The lowest BCUT2D eigenvalue weighted by Crippen LogP contribution is -2.54. The molecule has 230 valence electrons. The van der Waals surface area contributed by atoms with E-state index in [0.29, 0.717) is 22.1 Å². The number of carbonyl (C=O) groups excluding carboxylic acids is 2. The molecule has 2 amide bonds. The number of hydrogen-bond donors (Lipinski definition) is 1. The number of benzene rings is 3. The van der Waals surface area contributed by atoms with E-state index in [1.165, 1.54) is 25.2 Å². The molecule has 4 rings (SSSR count). The predicted molar refractivity (Wildman–Crippen MR) is 168 cm³/mol. The van der Waals surface area contributed by atoms with Crippen LogP contribution in [0.25, 0.3) is 0 Å². The Morgan fingerprint density at radius 1 is 0.953 bits per heavy atom. The highest BCUT2D eigenvalue weighted by Gasteiger charge is 2.34. The standard InChI is InChI=1S/C32H38ClN3O6S/c1-41-29-18-17-26(20-30(29)42-2)36(43(3,39)40)22-31(37)35(21-24-13-7-10-16-27(24)33)28(19-23-11-5-4-6-12-23)32(38)34-25-14-8-9-15-25/h4-7,10-13,16-18,20,25,28H,8-9,14-15,19,21-22H2,1-3H3,(H,34,38). The number of anilines is 1. The number of hydrogen-bond acceptors (Lipinski definition) is 6. The van der Waals surface area contributed by atoms with E-state index in [9.17, 15) is 18.0 Å². The van der Waals surface area contributed by atoms with Gasteiger partial charge in [0.25, 0.3) is 0 Å². The first-order chi connectivity index (χ1) is 20.6. The fourth-order valence-corrected chi connectivity index (χ4v) is 6.36. The molecule has 43 heavy (non-hydrogen) atoms. The van der Waals surface area contributed by atoms with Crippen LogP contribution in [0.5, 0.6) is 11.5 Å². The van der Waals surface area contributed by atoms with E-state index in [4.69, 9.17) is 21.1 Å². The molecule has 0 heterocycles. The summed E-state index contributed by atoms with van der Waals surface area (Å²) in [6, 6.07) is 20.3. The van der Waals surface area contributed by atoms with Gasteiger partial charge >= 0.3 is 0 Å². The van der Waals surface area contributed by atoms with E-state index in [1.54, 1.807) is 36.4 Å². The Labute approximate surface area is 258 Å². The summed E-state index contributed by atoms with van der Waals surface area (Å²) < 4.78 is 37.8. The van der Waals surface area contributed by atoms with Gasteiger partial charge in [-0.3, -0.25) is 13.9 Å². The third kappa shape index (κ3) is 8.42. The molecule has 1 aliphatic carbocycles. The number of nitrogens with one attached hydrogen (secondary N) is 1. The van der Waals surface area contributed by atoms with Crippen LogP contribution in [-0.2, 0) is 32.6 Å². The minimum Gasteiger partial charge on any atom is -0.493 e. The fraction of sp³-hybridized carbons (Fsp3) is 0.375. The predicted octanol–water partition coefficient (Wildman–Crippen LogP) is 4.82. The summed E-state index contributed by atoms with van der Waals surface area (Å²) in [6.45, 7) is -0.529. The molecular weight excluding hydrogens is 590 g/mol. The zero-order valence-electron chi connectivity index (χ0n) is 24.7. The van der Waals surface area contributed by atoms with E-state index < -0.39 is 28.5 Å². The molecule has 0 aliphatic heterocycles. The lowest BCUT2D eigenvalue weighted by atomic mass is 10.0. The van der Waals surface area contributed by atoms with Gasteiger partial charge in [0.15, 0.2) is 11.5 Å². The Hall–Kier alpha value is -3.76. The van der Waals surface area contributed by atoms with Gasteiger partial charge < -0.3 is 19.7 Å². The van der Waals surface area contributed by atoms with E-state index in [1.807, 2.05) is 30.3 Å². The van der Waals surface area contributed by atoms with Gasteiger partial charge in [-0.1, -0.05) is 73.0 Å². The maximum atomic E-state index is 14.3. The average Bonchev–Trinajstić information content (AvgIpc) is 3.51. The molecule has 11 heteroatoms. The maximum Gasteiger partial charge on any atom is 0.244 e. The van der Waals surface area contributed by atoms with Crippen molar-refractivity contribution in [3.05, 3.63) is 88.9 Å². The molecule has 0 saturated heterocycles. The minimum atomic E-state index is -3.93. The molecule has 0 bridgehead atoms. The highest BCUT2D eigenvalue weighted by molar-refractivity contribution is 7.92. The van der Waals surface area contributed by atoms with Gasteiger partial charge in [0.05, 0.1) is 26.2 Å². The van der Waals surface area contributed by atoms with Crippen molar-refractivity contribution in [2.24, 2.45) is 0 Å². The van der Waals surface area contributed by atoms with E-state index in [0.717, 1.165) is 41.8 Å². The second-order valence-corrected chi connectivity index (χ2v) is 12.9. The number of methoxy groups -OCH3 is 2. The van der Waals surface area contributed by atoms with E-state index >= 15 is 0 Å². The second kappa shape index (κ2) is 14.6. The molecule has 0 aromatic heterocycles. The summed E-state index contributed by atoms with van der Waals surface area (Å²) in [7, 11) is -1.01. The van der Waals surface area contributed by atoms with Gasteiger partial charge in [-0.05, 0) is 42.2 Å². The number of halogens is 1. The van der Waals surface area contributed by atoms with Crippen LogP contribution in [0.15, 0.2) is 72.8 Å². The Balaban J connectivity index is 1.75. The summed E-state index contributed by atoms with van der Waals surface area (Å²) in [6.07, 6.45) is 5.09. The molecule has 0 radical (unpaired) electrons. The monoisotopic (exact) mass is 627 g/mol. The first-order valence-corrected chi connectivity index (χ1v) is 16.4. The Kier molecular flexibility index (Phi) is 10.9. The summed E-state index contributed by atoms with van der Waals surface area (Å²) >= 11 is 6.52. The van der Waals surface area contributed by atoms with Crippen molar-refractivity contribution in [3.63, 3.8) is 0 Å². The van der Waals surface area contributed by atoms with E-state index in [-0.39, 0.29) is 30.6 Å². The zero-order valence-corrected chi connectivity index (χ0v) is 26.2. The molecule has 1 aliphatic rings. The Morgan fingerprint density at radius 2 is 1.60 bits per heavy atom. The van der Waals surface area contributed by atoms with Crippen molar-refractivity contribution in [1.29, 1.82) is 0 Å². The molecule has 1 saturated carbocycles. The molecular formula is C32H38ClN3O6S. The number of carbonyl (C=O) groups is 2. The van der Waals surface area contributed by atoms with Crippen LogP contribution in [0.1, 0.15) is 36.8 Å². The van der Waals surface area contributed by atoms with Gasteiger partial charge in [0.1, 0.15) is 12.6 Å². The lowest BCUT2D eigenvalue weighted by molar-refractivity contribution is -0.140. The van der Waals surface area contributed by atoms with Gasteiger partial charge in [-0.2, -0.15) is 0 Å². The first kappa shape index (κ1) is 32.2. The number of nitrogens with zero attached hydrogens (tertiary/aromatic N) is 2. The highest BCUT2D eigenvalue weighted by Crippen LogP contribution is 2.33. The van der Waals surface area contributed by atoms with Gasteiger partial charge in [-0.25, -0.2) is 8.42 Å². The summed E-state index contributed by atoms with van der Waals surface area (Å²) in [5.74, 6) is -0.111. The molecule has 1 N–H and O–H groups in total. The normalized spacial score (nSPS) is 14.1. The number of amides is 2. The van der Waals surface area contributed by atoms with Crippen LogP contribution < -0.4 is 19.1 Å². The molecule has 1 atom stereocenters. The topological polar surface area (TPSA) is 105 Å². The molecule has 3 aromatic rings. The third-order valence-corrected chi connectivity index (χ3v) is 9.11. The van der Waals surface area contributed by atoms with Gasteiger partial charge in [0, 0.05) is 30.1 Å². The Bertz CT molecular complexity index is 1510. The van der Waals surface area contributed by atoms with Crippen LogP contribution >= 0.6 is 11.6 Å². The first-order valence-electron chi connectivity index (χ1n) is 14.2. The molecule has 1 fully saturated rings. The third-order valence-electron chi connectivity index (χ3n) is 7.61. The summed E-state index contributed by atoms with van der Waals surface area (Å²) in [5, 5.41) is 3.59. The van der Waals surface area contributed by atoms with Crippen LogP contribution in [0, 0.1) is 0 Å². The van der Waals surface area contributed by atoms with Crippen LogP contribution in [0.3, 0.4) is 0 Å². The number of rotatable bonds is 13. The van der Waals surface area contributed by atoms with Crippen molar-refractivity contribution in [3.8, 4) is 11.5 Å². The molecule has 9 nitrogen and oxygen atoms in total. The average molecular weight is 628 g/mol. The largest absolute Gasteiger partial charge is 0.493 e. The summed E-state index contributed by atoms with van der Waals surface area (Å²) in [5.41, 5.74) is 1.73. The number of sulfonamides is 1. The van der Waals surface area contributed by atoms with Crippen molar-refractivity contribution < 1.29 is 27.5 Å². The quantitative estimate of drug-likeness (QED) is 0.291. The maximum absolute atomic E-state index is 14.3. The molecule has 3 aromatic carbocycles. The van der Waals surface area contributed by atoms with Crippen LogP contribution in [-0.4, -0.2) is 64.2 Å². The zero-order chi connectivity index (χ0) is 31.0. The SMILES string of the molecule is COc1ccc(N(CC(=O)N(Cc2ccccc2Cl)C(Cc2ccccc2)C(=O)NC2CCCC2)S(C)(=O)=O)cc1OC. The lowest BCUT2D eigenvalue weighted by Gasteiger charge is -2.34. The minimum absolute atomic E-state index is 0.0115. The Morgan fingerprint density at radius 3 is 2.23 bits per heavy atom. The van der Waals surface area contributed by atoms with Crippen LogP contribution in [0.2, 0.25) is 5.02 Å². The van der Waals surface area contributed by atoms with Crippen molar-refractivity contribution in [1.82, 2.24) is 10.2 Å². The second-order valence-electron chi connectivity index (χ2n) is 10.6. The summed E-state index contributed by atoms with van der Waals surface area (Å²) in [4.78, 5) is 29.7.